The van der Waals surface area contributed by atoms with Crippen molar-refractivity contribution in [2.24, 2.45) is 0 Å². The smallest absolute Gasteiger partial charge is 0.308 e. The molecule has 9 nitrogen and oxygen atoms in total. The molecule has 222 valence electrons. The van der Waals surface area contributed by atoms with Gasteiger partial charge in [0.2, 0.25) is 0 Å². The Kier molecular flexibility index (Phi) is 8.74. The second kappa shape index (κ2) is 12.5. The van der Waals surface area contributed by atoms with Crippen LogP contribution in [0.1, 0.15) is 44.2 Å². The number of rotatable bonds is 9. The molecule has 9 heteroatoms. The van der Waals surface area contributed by atoms with Gasteiger partial charge in [0.1, 0.15) is 24.4 Å². The molecule has 2 aromatic rings. The second-order valence-electron chi connectivity index (χ2n) is 11.7. The fourth-order valence-electron chi connectivity index (χ4n) is 6.40. The van der Waals surface area contributed by atoms with Crippen LogP contribution in [0.3, 0.4) is 0 Å². The zero-order chi connectivity index (χ0) is 28.4. The molecule has 4 aliphatic heterocycles. The Bertz CT molecular complexity index is 1140. The number of hydrogen-bond acceptors (Lipinski definition) is 9. The number of benzene rings is 2. The third-order valence-corrected chi connectivity index (χ3v) is 8.31. The topological polar surface area (TPSA) is 90.9 Å². The summed E-state index contributed by atoms with van der Waals surface area (Å²) in [6.45, 7) is 5.11. The third kappa shape index (κ3) is 6.67. The Morgan fingerprint density at radius 1 is 0.780 bits per heavy atom. The lowest BCUT2D eigenvalue weighted by Crippen LogP contribution is -2.65. The van der Waals surface area contributed by atoms with Gasteiger partial charge in [-0.3, -0.25) is 4.79 Å². The molecule has 0 spiro atoms. The predicted octanol–water partition coefficient (Wildman–Crippen LogP) is 3.95. The number of hydrogen-bond donors (Lipinski definition) is 0. The summed E-state index contributed by atoms with van der Waals surface area (Å²) >= 11 is 0. The summed E-state index contributed by atoms with van der Waals surface area (Å²) in [5, 5.41) is 0. The van der Waals surface area contributed by atoms with Crippen LogP contribution in [0.4, 0.5) is 0 Å². The molecule has 9 atom stereocenters. The maximum atomic E-state index is 12.2. The van der Waals surface area contributed by atoms with E-state index in [4.69, 9.17) is 37.9 Å². The molecule has 4 heterocycles. The van der Waals surface area contributed by atoms with Crippen LogP contribution in [0.25, 0.3) is 0 Å². The van der Waals surface area contributed by atoms with E-state index in [9.17, 15) is 4.79 Å². The van der Waals surface area contributed by atoms with Crippen LogP contribution in [0.5, 0.6) is 0 Å². The molecule has 0 bridgehead atoms. The third-order valence-electron chi connectivity index (χ3n) is 8.31. The van der Waals surface area contributed by atoms with Crippen molar-refractivity contribution in [2.75, 3.05) is 13.7 Å². The quantitative estimate of drug-likeness (QED) is 0.417. The molecule has 41 heavy (non-hydrogen) atoms. The molecule has 0 N–H and O–H groups in total. The fourth-order valence-corrected chi connectivity index (χ4v) is 6.40. The van der Waals surface area contributed by atoms with E-state index in [0.717, 1.165) is 11.1 Å². The highest BCUT2D eigenvalue weighted by atomic mass is 16.8. The number of esters is 1. The first-order valence-corrected chi connectivity index (χ1v) is 14.5. The van der Waals surface area contributed by atoms with E-state index in [2.05, 4.69) is 12.1 Å². The first-order valence-electron chi connectivity index (χ1n) is 14.5. The number of ether oxygens (including phenoxy) is 8. The van der Waals surface area contributed by atoms with Gasteiger partial charge in [-0.15, -0.1) is 0 Å². The van der Waals surface area contributed by atoms with Gasteiger partial charge in [0.15, 0.2) is 5.79 Å². The summed E-state index contributed by atoms with van der Waals surface area (Å²) in [4.78, 5) is 12.2. The molecule has 4 fully saturated rings. The summed E-state index contributed by atoms with van der Waals surface area (Å²) in [5.41, 5.74) is 2.21. The van der Waals surface area contributed by atoms with E-state index >= 15 is 0 Å². The summed E-state index contributed by atoms with van der Waals surface area (Å²) in [6.07, 6.45) is -1.48. The largest absolute Gasteiger partial charge is 0.469 e. The Morgan fingerprint density at radius 3 is 2.12 bits per heavy atom. The van der Waals surface area contributed by atoms with E-state index in [0.29, 0.717) is 32.7 Å². The fraction of sp³-hybridized carbons (Fsp3) is 0.594. The van der Waals surface area contributed by atoms with E-state index in [1.807, 2.05) is 62.4 Å². The van der Waals surface area contributed by atoms with Gasteiger partial charge in [0, 0.05) is 12.8 Å². The maximum absolute atomic E-state index is 12.2. The average Bonchev–Trinajstić information content (AvgIpc) is 3.32. The average molecular weight is 569 g/mol. The SMILES string of the molecule is COC(=O)C[C@@H]1O[C@@H]2C[C@@H]3O[C@H](COCc4ccccc4)[C@@H](OCc4ccccc4)C[C@H]3O[C@H]2[C@H]2OC(C)(C)O[C@H]21. The molecule has 0 saturated carbocycles. The van der Waals surface area contributed by atoms with Crippen LogP contribution in [0.15, 0.2) is 60.7 Å². The summed E-state index contributed by atoms with van der Waals surface area (Å²) in [7, 11) is 1.38. The van der Waals surface area contributed by atoms with Crippen molar-refractivity contribution in [1.29, 1.82) is 0 Å². The van der Waals surface area contributed by atoms with Crippen molar-refractivity contribution in [3.05, 3.63) is 71.8 Å². The van der Waals surface area contributed by atoms with Gasteiger partial charge in [-0.05, 0) is 25.0 Å². The standard InChI is InChI=1S/C32H40O9/c1-32(2)40-30-26(16-28(33)34-3)38-25-15-23-24(39-29(25)31(30)41-32)14-22(36-18-21-12-8-5-9-13-21)27(37-23)19-35-17-20-10-6-4-7-11-20/h4-13,22-27,29-31H,14-19H2,1-3H3/t22-,23-,24+,25+,26-,27+,29+,30-,31+/m0/s1. The highest BCUT2D eigenvalue weighted by Crippen LogP contribution is 2.45. The monoisotopic (exact) mass is 568 g/mol. The summed E-state index contributed by atoms with van der Waals surface area (Å²) in [6, 6.07) is 20.2. The minimum Gasteiger partial charge on any atom is -0.469 e. The van der Waals surface area contributed by atoms with Gasteiger partial charge in [-0.25, -0.2) is 0 Å². The number of fused-ring (bicyclic) bond motifs is 4. The van der Waals surface area contributed by atoms with Crippen molar-refractivity contribution >= 4 is 5.97 Å². The van der Waals surface area contributed by atoms with Crippen molar-refractivity contribution in [3.63, 3.8) is 0 Å². The van der Waals surface area contributed by atoms with E-state index < -0.39 is 18.0 Å². The lowest BCUT2D eigenvalue weighted by atomic mass is 9.84. The van der Waals surface area contributed by atoms with Gasteiger partial charge in [-0.2, -0.15) is 0 Å². The lowest BCUT2D eigenvalue weighted by Gasteiger charge is -2.52. The van der Waals surface area contributed by atoms with E-state index in [-0.39, 0.29) is 55.1 Å². The van der Waals surface area contributed by atoms with Gasteiger partial charge in [0.25, 0.3) is 0 Å². The van der Waals surface area contributed by atoms with Crippen LogP contribution in [0, 0.1) is 0 Å². The molecule has 0 aromatic heterocycles. The molecular formula is C32H40O9. The van der Waals surface area contributed by atoms with E-state index in [1.54, 1.807) is 0 Å². The lowest BCUT2D eigenvalue weighted by molar-refractivity contribution is -0.299. The summed E-state index contributed by atoms with van der Waals surface area (Å²) in [5.74, 6) is -1.16. The molecule has 4 saturated heterocycles. The Balaban J connectivity index is 1.16. The number of carbonyl (C=O) groups excluding carboxylic acids is 1. The van der Waals surface area contributed by atoms with Gasteiger partial charge < -0.3 is 37.9 Å². The van der Waals surface area contributed by atoms with Crippen molar-refractivity contribution in [3.8, 4) is 0 Å². The highest BCUT2D eigenvalue weighted by Gasteiger charge is 2.59. The molecule has 0 amide bonds. The van der Waals surface area contributed by atoms with Gasteiger partial charge in [-0.1, -0.05) is 60.7 Å². The van der Waals surface area contributed by atoms with Crippen LogP contribution < -0.4 is 0 Å². The molecule has 2 aromatic carbocycles. The minimum atomic E-state index is -0.812. The second-order valence-corrected chi connectivity index (χ2v) is 11.7. The van der Waals surface area contributed by atoms with Crippen LogP contribution in [-0.4, -0.2) is 80.4 Å². The first kappa shape index (κ1) is 28.7. The molecular weight excluding hydrogens is 528 g/mol. The Hall–Kier alpha value is -2.37. The molecule has 0 unspecified atom stereocenters. The maximum Gasteiger partial charge on any atom is 0.308 e. The molecule has 4 aliphatic rings. The predicted molar refractivity (Wildman–Crippen MR) is 147 cm³/mol. The highest BCUT2D eigenvalue weighted by molar-refractivity contribution is 5.69. The van der Waals surface area contributed by atoms with Crippen LogP contribution in [-0.2, 0) is 55.9 Å². The van der Waals surface area contributed by atoms with Crippen LogP contribution >= 0.6 is 0 Å². The van der Waals surface area contributed by atoms with Crippen molar-refractivity contribution < 1.29 is 42.7 Å². The first-order chi connectivity index (χ1) is 19.9. The van der Waals surface area contributed by atoms with Crippen molar-refractivity contribution in [1.82, 2.24) is 0 Å². The zero-order valence-electron chi connectivity index (χ0n) is 23.9. The summed E-state index contributed by atoms with van der Waals surface area (Å²) < 4.78 is 49.8. The molecule has 6 rings (SSSR count). The number of methoxy groups -OCH3 is 1. The molecule has 0 radical (unpaired) electrons. The normalized spacial score (nSPS) is 35.6. The van der Waals surface area contributed by atoms with E-state index in [1.165, 1.54) is 7.11 Å². The number of carbonyl (C=O) groups is 1. The Morgan fingerprint density at radius 2 is 1.41 bits per heavy atom. The van der Waals surface area contributed by atoms with Gasteiger partial charge >= 0.3 is 5.97 Å². The Labute approximate surface area is 241 Å². The zero-order valence-corrected chi connectivity index (χ0v) is 23.9. The van der Waals surface area contributed by atoms with Crippen molar-refractivity contribution in [2.45, 2.75) is 107 Å². The molecule has 0 aliphatic carbocycles. The van der Waals surface area contributed by atoms with Crippen LogP contribution in [0.2, 0.25) is 0 Å². The minimum absolute atomic E-state index is 0.0840. The van der Waals surface area contributed by atoms with Gasteiger partial charge in [0.05, 0.1) is 63.9 Å².